The van der Waals surface area contributed by atoms with Crippen molar-refractivity contribution in [3.8, 4) is 0 Å². The van der Waals surface area contributed by atoms with Gasteiger partial charge in [0.2, 0.25) is 0 Å². The first kappa shape index (κ1) is 9.03. The van der Waals surface area contributed by atoms with Crippen molar-refractivity contribution in [3.05, 3.63) is 16.9 Å². The van der Waals surface area contributed by atoms with Gasteiger partial charge < -0.3 is 5.11 Å². The Labute approximate surface area is 82.3 Å². The van der Waals surface area contributed by atoms with Gasteiger partial charge in [0.25, 0.3) is 0 Å². The first-order chi connectivity index (χ1) is 6.18. The molecular formula is C9H13ClN2O. The molecule has 0 amide bonds. The maximum absolute atomic E-state index is 9.64. The minimum absolute atomic E-state index is 0.131. The van der Waals surface area contributed by atoms with Gasteiger partial charge in [0, 0.05) is 6.20 Å². The molecule has 0 saturated heterocycles. The average molecular weight is 201 g/mol. The highest BCUT2D eigenvalue weighted by molar-refractivity contribution is 6.31. The minimum atomic E-state index is -0.254. The summed E-state index contributed by atoms with van der Waals surface area (Å²) in [5, 5.41) is 14.6. The molecule has 1 saturated carbocycles. The number of hydrogen-bond acceptors (Lipinski definition) is 2. The van der Waals surface area contributed by atoms with Crippen molar-refractivity contribution in [3.63, 3.8) is 0 Å². The van der Waals surface area contributed by atoms with Crippen molar-refractivity contribution < 1.29 is 5.11 Å². The van der Waals surface area contributed by atoms with Gasteiger partial charge in [-0.25, -0.2) is 0 Å². The van der Waals surface area contributed by atoms with Gasteiger partial charge in [-0.05, 0) is 26.2 Å². The van der Waals surface area contributed by atoms with Crippen LogP contribution in [0.5, 0.6) is 0 Å². The number of nitrogens with zero attached hydrogens (tertiary/aromatic N) is 2. The summed E-state index contributed by atoms with van der Waals surface area (Å²) in [6, 6.07) is 0.131. The summed E-state index contributed by atoms with van der Waals surface area (Å²) in [7, 11) is 0. The fourth-order valence-corrected chi connectivity index (χ4v) is 2.00. The molecule has 2 atom stereocenters. The van der Waals surface area contributed by atoms with Gasteiger partial charge in [-0.3, -0.25) is 4.68 Å². The predicted octanol–water partition coefficient (Wildman–Crippen LogP) is 1.93. The largest absolute Gasteiger partial charge is 0.391 e. The van der Waals surface area contributed by atoms with E-state index in [0.29, 0.717) is 5.02 Å². The van der Waals surface area contributed by atoms with Crippen LogP contribution in [0.25, 0.3) is 0 Å². The van der Waals surface area contributed by atoms with Crippen molar-refractivity contribution in [2.24, 2.45) is 0 Å². The Bertz CT molecular complexity index is 291. The highest BCUT2D eigenvalue weighted by Gasteiger charge is 2.27. The number of hydrogen-bond donors (Lipinski definition) is 1. The van der Waals surface area contributed by atoms with E-state index in [1.54, 1.807) is 10.9 Å². The Morgan fingerprint density at radius 1 is 1.62 bits per heavy atom. The standard InChI is InChI=1S/C9H13ClN2O/c1-6-7(10)5-12(11-6)8-3-2-4-9(8)13/h5,8-9,13H,2-4H2,1H3. The van der Waals surface area contributed by atoms with Gasteiger partial charge in [-0.15, -0.1) is 0 Å². The van der Waals surface area contributed by atoms with Crippen LogP contribution in [-0.2, 0) is 0 Å². The molecular weight excluding hydrogens is 188 g/mol. The molecule has 72 valence electrons. The molecule has 1 aromatic heterocycles. The summed E-state index contributed by atoms with van der Waals surface area (Å²) < 4.78 is 1.80. The van der Waals surface area contributed by atoms with E-state index < -0.39 is 0 Å². The van der Waals surface area contributed by atoms with Gasteiger partial charge in [0.05, 0.1) is 22.9 Å². The SMILES string of the molecule is Cc1nn(C2CCCC2O)cc1Cl. The Kier molecular flexibility index (Phi) is 2.30. The third kappa shape index (κ3) is 1.58. The van der Waals surface area contributed by atoms with Crippen LogP contribution >= 0.6 is 11.6 Å². The molecule has 1 fully saturated rings. The molecule has 1 aliphatic rings. The molecule has 0 spiro atoms. The van der Waals surface area contributed by atoms with Crippen molar-refractivity contribution in [2.45, 2.75) is 38.3 Å². The van der Waals surface area contributed by atoms with Crippen LogP contribution in [0.1, 0.15) is 31.0 Å². The lowest BCUT2D eigenvalue weighted by Crippen LogP contribution is -2.18. The Hall–Kier alpha value is -0.540. The maximum atomic E-state index is 9.64. The van der Waals surface area contributed by atoms with E-state index in [2.05, 4.69) is 5.10 Å². The van der Waals surface area contributed by atoms with Crippen LogP contribution in [0.4, 0.5) is 0 Å². The molecule has 1 heterocycles. The number of halogens is 1. The smallest absolute Gasteiger partial charge is 0.0815 e. The Morgan fingerprint density at radius 2 is 2.38 bits per heavy atom. The predicted molar refractivity (Wildman–Crippen MR) is 50.9 cm³/mol. The van der Waals surface area contributed by atoms with Gasteiger partial charge >= 0.3 is 0 Å². The topological polar surface area (TPSA) is 38.0 Å². The van der Waals surface area contributed by atoms with Gasteiger partial charge in [0.15, 0.2) is 0 Å². The van der Waals surface area contributed by atoms with Crippen LogP contribution in [0.15, 0.2) is 6.20 Å². The summed E-state index contributed by atoms with van der Waals surface area (Å²) in [6.07, 6.45) is 4.49. The number of aryl methyl sites for hydroxylation is 1. The number of rotatable bonds is 1. The second kappa shape index (κ2) is 3.31. The third-order valence-electron chi connectivity index (χ3n) is 2.64. The fourth-order valence-electron chi connectivity index (χ4n) is 1.86. The molecule has 0 radical (unpaired) electrons. The Morgan fingerprint density at radius 3 is 2.85 bits per heavy atom. The van der Waals surface area contributed by atoms with Crippen LogP contribution in [0, 0.1) is 6.92 Å². The number of aliphatic hydroxyl groups is 1. The second-order valence-electron chi connectivity index (χ2n) is 3.61. The summed E-state index contributed by atoms with van der Waals surface area (Å²) in [6.45, 7) is 1.88. The summed E-state index contributed by atoms with van der Waals surface area (Å²) >= 11 is 5.89. The van der Waals surface area contributed by atoms with E-state index in [-0.39, 0.29) is 12.1 Å². The molecule has 2 rings (SSSR count). The Balaban J connectivity index is 2.24. The number of aromatic nitrogens is 2. The molecule has 13 heavy (non-hydrogen) atoms. The molecule has 1 N–H and O–H groups in total. The lowest BCUT2D eigenvalue weighted by atomic mass is 10.2. The van der Waals surface area contributed by atoms with Crippen molar-refractivity contribution in [1.29, 1.82) is 0 Å². The first-order valence-electron chi connectivity index (χ1n) is 4.58. The number of aliphatic hydroxyl groups excluding tert-OH is 1. The molecule has 0 aliphatic heterocycles. The zero-order chi connectivity index (χ0) is 9.42. The molecule has 1 aliphatic carbocycles. The van der Waals surface area contributed by atoms with E-state index in [9.17, 15) is 5.11 Å². The molecule has 2 unspecified atom stereocenters. The quantitative estimate of drug-likeness (QED) is 0.753. The molecule has 4 heteroatoms. The highest BCUT2D eigenvalue weighted by atomic mass is 35.5. The van der Waals surface area contributed by atoms with E-state index in [1.165, 1.54) is 0 Å². The van der Waals surface area contributed by atoms with Crippen molar-refractivity contribution in [2.75, 3.05) is 0 Å². The fraction of sp³-hybridized carbons (Fsp3) is 0.667. The minimum Gasteiger partial charge on any atom is -0.391 e. The summed E-state index contributed by atoms with van der Waals surface area (Å²) in [5.74, 6) is 0. The molecule has 1 aromatic rings. The third-order valence-corrected chi connectivity index (χ3v) is 3.01. The van der Waals surface area contributed by atoms with Gasteiger partial charge in [0.1, 0.15) is 0 Å². The van der Waals surface area contributed by atoms with E-state index >= 15 is 0 Å². The lowest BCUT2D eigenvalue weighted by molar-refractivity contribution is 0.130. The first-order valence-corrected chi connectivity index (χ1v) is 4.95. The van der Waals surface area contributed by atoms with Crippen LogP contribution < -0.4 is 0 Å². The van der Waals surface area contributed by atoms with Crippen molar-refractivity contribution in [1.82, 2.24) is 9.78 Å². The second-order valence-corrected chi connectivity index (χ2v) is 4.02. The van der Waals surface area contributed by atoms with E-state index in [0.717, 1.165) is 25.0 Å². The summed E-state index contributed by atoms with van der Waals surface area (Å²) in [5.41, 5.74) is 0.834. The molecule has 0 aromatic carbocycles. The molecule has 0 bridgehead atoms. The zero-order valence-corrected chi connectivity index (χ0v) is 8.33. The summed E-state index contributed by atoms with van der Waals surface area (Å²) in [4.78, 5) is 0. The van der Waals surface area contributed by atoms with Crippen LogP contribution in [-0.4, -0.2) is 21.0 Å². The normalized spacial score (nSPS) is 28.2. The van der Waals surface area contributed by atoms with Crippen molar-refractivity contribution >= 4 is 11.6 Å². The van der Waals surface area contributed by atoms with E-state index in [4.69, 9.17) is 11.6 Å². The highest BCUT2D eigenvalue weighted by Crippen LogP contribution is 2.30. The van der Waals surface area contributed by atoms with E-state index in [1.807, 2.05) is 6.92 Å². The zero-order valence-electron chi connectivity index (χ0n) is 7.57. The van der Waals surface area contributed by atoms with Gasteiger partial charge in [-0.2, -0.15) is 5.10 Å². The van der Waals surface area contributed by atoms with Crippen LogP contribution in [0.2, 0.25) is 5.02 Å². The molecule has 3 nitrogen and oxygen atoms in total. The maximum Gasteiger partial charge on any atom is 0.0815 e. The average Bonchev–Trinajstić information content (AvgIpc) is 2.60. The monoisotopic (exact) mass is 200 g/mol. The van der Waals surface area contributed by atoms with Gasteiger partial charge in [-0.1, -0.05) is 11.6 Å². The lowest BCUT2D eigenvalue weighted by Gasteiger charge is -2.14. The van der Waals surface area contributed by atoms with Crippen LogP contribution in [0.3, 0.4) is 0 Å².